The number of methoxy groups -OCH3 is 1. The van der Waals surface area contributed by atoms with Crippen LogP contribution in [-0.4, -0.2) is 19.3 Å². The van der Waals surface area contributed by atoms with Crippen molar-refractivity contribution >= 4 is 5.69 Å². The Morgan fingerprint density at radius 3 is 2.37 bits per heavy atom. The molecule has 0 atom stereocenters. The predicted octanol–water partition coefficient (Wildman–Crippen LogP) is 3.94. The molecule has 0 saturated heterocycles. The third-order valence-corrected chi connectivity index (χ3v) is 3.80. The number of hydrogen-bond acceptors (Lipinski definition) is 2. The minimum atomic E-state index is 0.432. The topological polar surface area (TPSA) is 21.3 Å². The predicted molar refractivity (Wildman–Crippen MR) is 79.3 cm³/mol. The van der Waals surface area contributed by atoms with Crippen molar-refractivity contribution in [1.82, 2.24) is 0 Å². The molecule has 0 radical (unpaired) electrons. The number of anilines is 1. The molecule has 0 amide bonds. The quantitative estimate of drug-likeness (QED) is 0.891. The fourth-order valence-corrected chi connectivity index (χ4v) is 2.57. The maximum Gasteiger partial charge on any atom is 0.0610 e. The highest BCUT2D eigenvalue weighted by Gasteiger charge is 2.29. The molecule has 2 heteroatoms. The molecule has 0 bridgehead atoms. The molecule has 1 fully saturated rings. The van der Waals surface area contributed by atoms with Crippen LogP contribution < -0.4 is 5.32 Å². The molecule has 0 heterocycles. The normalized spacial score (nSPS) is 21.7. The first kappa shape index (κ1) is 12.2. The van der Waals surface area contributed by atoms with E-state index in [9.17, 15) is 0 Å². The van der Waals surface area contributed by atoms with Crippen LogP contribution in [0.3, 0.4) is 0 Å². The number of hydrogen-bond donors (Lipinski definition) is 1. The van der Waals surface area contributed by atoms with Crippen molar-refractivity contribution in [2.45, 2.75) is 25.0 Å². The Morgan fingerprint density at radius 2 is 1.63 bits per heavy atom. The molecule has 2 aromatic rings. The van der Waals surface area contributed by atoms with Crippen LogP contribution in [-0.2, 0) is 4.74 Å². The first-order valence-electron chi connectivity index (χ1n) is 6.80. The monoisotopic (exact) mass is 253 g/mol. The van der Waals surface area contributed by atoms with E-state index in [2.05, 4.69) is 59.9 Å². The third kappa shape index (κ3) is 2.64. The van der Waals surface area contributed by atoms with Gasteiger partial charge >= 0.3 is 0 Å². The lowest BCUT2D eigenvalue weighted by atomic mass is 9.88. The third-order valence-electron chi connectivity index (χ3n) is 3.80. The average Bonchev–Trinajstić information content (AvgIpc) is 2.44. The Hall–Kier alpha value is -1.80. The summed E-state index contributed by atoms with van der Waals surface area (Å²) in [6.45, 7) is 0. The van der Waals surface area contributed by atoms with Crippen molar-refractivity contribution in [1.29, 1.82) is 0 Å². The van der Waals surface area contributed by atoms with Crippen LogP contribution in [0.1, 0.15) is 12.8 Å². The summed E-state index contributed by atoms with van der Waals surface area (Å²) in [7, 11) is 1.79. The van der Waals surface area contributed by atoms with E-state index in [0.717, 1.165) is 12.8 Å². The molecule has 19 heavy (non-hydrogen) atoms. The van der Waals surface area contributed by atoms with Gasteiger partial charge in [-0.1, -0.05) is 48.5 Å². The smallest absolute Gasteiger partial charge is 0.0610 e. The lowest BCUT2D eigenvalue weighted by Gasteiger charge is -2.35. The lowest BCUT2D eigenvalue weighted by molar-refractivity contribution is 0.0329. The average molecular weight is 253 g/mol. The van der Waals surface area contributed by atoms with Gasteiger partial charge in [0.2, 0.25) is 0 Å². The molecule has 1 saturated carbocycles. The molecule has 1 N–H and O–H groups in total. The molecule has 2 nitrogen and oxygen atoms in total. The SMILES string of the molecule is COC1CC(Nc2ccccc2-c2ccccc2)C1. The van der Waals surface area contributed by atoms with Gasteiger partial charge in [-0.15, -0.1) is 0 Å². The van der Waals surface area contributed by atoms with Gasteiger partial charge in [-0.25, -0.2) is 0 Å². The van der Waals surface area contributed by atoms with Crippen molar-refractivity contribution in [3.05, 3.63) is 54.6 Å². The summed E-state index contributed by atoms with van der Waals surface area (Å²) >= 11 is 0. The lowest BCUT2D eigenvalue weighted by Crippen LogP contribution is -2.40. The summed E-state index contributed by atoms with van der Waals surface area (Å²) in [5, 5.41) is 3.63. The highest BCUT2D eigenvalue weighted by molar-refractivity contribution is 5.77. The van der Waals surface area contributed by atoms with E-state index in [1.807, 2.05) is 0 Å². The van der Waals surface area contributed by atoms with Gasteiger partial charge in [-0.3, -0.25) is 0 Å². The summed E-state index contributed by atoms with van der Waals surface area (Å²) in [5.74, 6) is 0. The summed E-state index contributed by atoms with van der Waals surface area (Å²) in [5.41, 5.74) is 3.74. The van der Waals surface area contributed by atoms with Gasteiger partial charge in [0.15, 0.2) is 0 Å². The van der Waals surface area contributed by atoms with Crippen LogP contribution >= 0.6 is 0 Å². The fraction of sp³-hybridized carbons (Fsp3) is 0.294. The molecule has 2 aromatic carbocycles. The summed E-state index contributed by atoms with van der Waals surface area (Å²) in [4.78, 5) is 0. The molecule has 1 aliphatic rings. The molecule has 0 unspecified atom stereocenters. The second-order valence-corrected chi connectivity index (χ2v) is 5.08. The van der Waals surface area contributed by atoms with Crippen LogP contribution in [0.25, 0.3) is 11.1 Å². The fourth-order valence-electron chi connectivity index (χ4n) is 2.57. The molecule has 0 aromatic heterocycles. The maximum atomic E-state index is 5.33. The van der Waals surface area contributed by atoms with Crippen LogP contribution in [0, 0.1) is 0 Å². The number of ether oxygens (including phenoxy) is 1. The van der Waals surface area contributed by atoms with Gasteiger partial charge in [0, 0.05) is 24.4 Å². The van der Waals surface area contributed by atoms with E-state index in [0.29, 0.717) is 12.1 Å². The number of rotatable bonds is 4. The zero-order valence-electron chi connectivity index (χ0n) is 11.2. The van der Waals surface area contributed by atoms with Crippen LogP contribution in [0.4, 0.5) is 5.69 Å². The Balaban J connectivity index is 1.79. The minimum Gasteiger partial charge on any atom is -0.382 e. The molecular weight excluding hydrogens is 234 g/mol. The van der Waals surface area contributed by atoms with E-state index in [1.165, 1.54) is 16.8 Å². The second-order valence-electron chi connectivity index (χ2n) is 5.08. The Morgan fingerprint density at radius 1 is 0.947 bits per heavy atom. The highest BCUT2D eigenvalue weighted by atomic mass is 16.5. The van der Waals surface area contributed by atoms with E-state index in [4.69, 9.17) is 4.74 Å². The van der Waals surface area contributed by atoms with Crippen LogP contribution in [0.15, 0.2) is 54.6 Å². The zero-order chi connectivity index (χ0) is 13.1. The van der Waals surface area contributed by atoms with Gasteiger partial charge in [-0.05, 0) is 24.5 Å². The van der Waals surface area contributed by atoms with Crippen molar-refractivity contribution in [2.24, 2.45) is 0 Å². The number of nitrogens with one attached hydrogen (secondary N) is 1. The first-order chi connectivity index (χ1) is 9.36. The summed E-state index contributed by atoms with van der Waals surface area (Å²) < 4.78 is 5.33. The van der Waals surface area contributed by atoms with Gasteiger partial charge in [0.1, 0.15) is 0 Å². The summed E-state index contributed by atoms with van der Waals surface area (Å²) in [6.07, 6.45) is 2.63. The molecule has 98 valence electrons. The number of para-hydroxylation sites is 1. The van der Waals surface area contributed by atoms with Gasteiger partial charge in [0.05, 0.1) is 6.10 Å². The maximum absolute atomic E-state index is 5.33. The Bertz CT molecular complexity index is 532. The van der Waals surface area contributed by atoms with Crippen LogP contribution in [0.5, 0.6) is 0 Å². The zero-order valence-corrected chi connectivity index (χ0v) is 11.2. The van der Waals surface area contributed by atoms with Gasteiger partial charge < -0.3 is 10.1 Å². The van der Waals surface area contributed by atoms with Gasteiger partial charge in [-0.2, -0.15) is 0 Å². The van der Waals surface area contributed by atoms with Crippen molar-refractivity contribution in [3.63, 3.8) is 0 Å². The van der Waals surface area contributed by atoms with Crippen molar-refractivity contribution < 1.29 is 4.74 Å². The van der Waals surface area contributed by atoms with E-state index >= 15 is 0 Å². The molecular formula is C17H19NO. The molecule has 0 aliphatic heterocycles. The largest absolute Gasteiger partial charge is 0.382 e. The molecule has 0 spiro atoms. The minimum absolute atomic E-state index is 0.432. The van der Waals surface area contributed by atoms with E-state index in [-0.39, 0.29) is 0 Å². The van der Waals surface area contributed by atoms with Crippen molar-refractivity contribution in [2.75, 3.05) is 12.4 Å². The first-order valence-corrected chi connectivity index (χ1v) is 6.80. The molecule has 3 rings (SSSR count). The second kappa shape index (κ2) is 5.45. The standard InChI is InChI=1S/C17H19NO/c1-19-15-11-14(12-15)18-17-10-6-5-9-16(17)13-7-3-2-4-8-13/h2-10,14-15,18H,11-12H2,1H3. The highest BCUT2D eigenvalue weighted by Crippen LogP contribution is 2.32. The van der Waals surface area contributed by atoms with Crippen molar-refractivity contribution in [3.8, 4) is 11.1 Å². The summed E-state index contributed by atoms with van der Waals surface area (Å²) in [6, 6.07) is 19.6. The van der Waals surface area contributed by atoms with E-state index < -0.39 is 0 Å². The van der Waals surface area contributed by atoms with E-state index in [1.54, 1.807) is 7.11 Å². The number of benzene rings is 2. The molecule has 1 aliphatic carbocycles. The van der Waals surface area contributed by atoms with Gasteiger partial charge in [0.25, 0.3) is 0 Å². The Kier molecular flexibility index (Phi) is 3.51. The Labute approximate surface area is 114 Å². The van der Waals surface area contributed by atoms with Crippen LogP contribution in [0.2, 0.25) is 0 Å².